The van der Waals surface area contributed by atoms with Gasteiger partial charge < -0.3 is 4.89 Å². The summed E-state index contributed by atoms with van der Waals surface area (Å²) in [5.74, 6) is -9.39. The van der Waals surface area contributed by atoms with Gasteiger partial charge in [-0.2, -0.15) is 5.26 Å². The van der Waals surface area contributed by atoms with Crippen molar-refractivity contribution in [1.82, 2.24) is 0 Å². The van der Waals surface area contributed by atoms with Gasteiger partial charge in [0.15, 0.2) is 34.8 Å². The molecular weight excluding hydrogens is 282 g/mol. The molecule has 106 valence electrons. The van der Waals surface area contributed by atoms with Crippen molar-refractivity contribution in [1.29, 1.82) is 5.26 Å². The summed E-state index contributed by atoms with van der Waals surface area (Å²) in [5, 5.41) is 16.9. The van der Waals surface area contributed by atoms with Crippen molar-refractivity contribution < 1.29 is 32.5 Å². The van der Waals surface area contributed by atoms with Gasteiger partial charge in [-0.3, -0.25) is 4.79 Å². The Morgan fingerprint density at radius 2 is 1.55 bits per heavy atom. The van der Waals surface area contributed by atoms with Crippen molar-refractivity contribution in [3.05, 3.63) is 40.2 Å². The summed E-state index contributed by atoms with van der Waals surface area (Å²) < 4.78 is 54.4. The second-order valence-electron chi connectivity index (χ2n) is 3.70. The summed E-state index contributed by atoms with van der Waals surface area (Å²) in [6, 6.07) is 0.972. The highest BCUT2D eigenvalue weighted by atomic mass is 19.2. The highest BCUT2D eigenvalue weighted by molar-refractivity contribution is 6.20. The summed E-state index contributed by atoms with van der Waals surface area (Å²) in [7, 11) is 0. The Labute approximate surface area is 110 Å². The molecule has 0 heterocycles. The van der Waals surface area contributed by atoms with E-state index in [0.29, 0.717) is 0 Å². The van der Waals surface area contributed by atoms with E-state index in [0.717, 1.165) is 19.9 Å². The van der Waals surface area contributed by atoms with E-state index in [2.05, 4.69) is 4.89 Å². The monoisotopic (exact) mass is 289 g/mol. The molecule has 8 heteroatoms. The van der Waals surface area contributed by atoms with Crippen LogP contribution in [0.4, 0.5) is 17.6 Å². The zero-order chi connectivity index (χ0) is 15.6. The molecule has 0 aliphatic rings. The summed E-state index contributed by atoms with van der Waals surface area (Å²) in [6.07, 6.45) is 0. The van der Waals surface area contributed by atoms with Crippen molar-refractivity contribution in [3.63, 3.8) is 0 Å². The lowest BCUT2D eigenvalue weighted by Crippen LogP contribution is -2.11. The number of hydrogen-bond acceptors (Lipinski definition) is 4. The van der Waals surface area contributed by atoms with Crippen molar-refractivity contribution in [2.75, 3.05) is 0 Å². The Kier molecular flexibility index (Phi) is 4.47. The van der Waals surface area contributed by atoms with Crippen LogP contribution in [0.1, 0.15) is 25.0 Å². The van der Waals surface area contributed by atoms with Gasteiger partial charge in [0, 0.05) is 0 Å². The maximum Gasteiger partial charge on any atom is 0.180 e. The van der Waals surface area contributed by atoms with Gasteiger partial charge in [-0.15, -0.1) is 0 Å². The molecule has 1 aromatic rings. The molecular formula is C12H7F4NO3. The van der Waals surface area contributed by atoms with Crippen molar-refractivity contribution in [2.24, 2.45) is 0 Å². The Morgan fingerprint density at radius 3 is 1.85 bits per heavy atom. The average Bonchev–Trinajstić information content (AvgIpc) is 2.40. The Bertz CT molecular complexity index is 633. The second kappa shape index (κ2) is 5.71. The average molecular weight is 289 g/mol. The molecule has 0 aliphatic carbocycles. The molecule has 0 spiro atoms. The summed E-state index contributed by atoms with van der Waals surface area (Å²) >= 11 is 0. The lowest BCUT2D eigenvalue weighted by Gasteiger charge is -2.11. The molecule has 0 saturated carbocycles. The van der Waals surface area contributed by atoms with Gasteiger partial charge in [0.05, 0.1) is 11.1 Å². The fourth-order valence-corrected chi connectivity index (χ4v) is 1.59. The van der Waals surface area contributed by atoms with Crippen LogP contribution in [0.25, 0.3) is 5.57 Å². The van der Waals surface area contributed by atoms with E-state index in [4.69, 9.17) is 10.5 Å². The van der Waals surface area contributed by atoms with Crippen LogP contribution in [0.3, 0.4) is 0 Å². The van der Waals surface area contributed by atoms with Gasteiger partial charge in [-0.05, 0) is 13.8 Å². The fourth-order valence-electron chi connectivity index (χ4n) is 1.59. The van der Waals surface area contributed by atoms with Gasteiger partial charge >= 0.3 is 0 Å². The molecule has 0 radical (unpaired) electrons. The highest BCUT2D eigenvalue weighted by Crippen LogP contribution is 2.31. The van der Waals surface area contributed by atoms with Gasteiger partial charge in [-0.1, -0.05) is 0 Å². The lowest BCUT2D eigenvalue weighted by atomic mass is 9.97. The third-order valence-corrected chi connectivity index (χ3v) is 2.47. The number of benzene rings is 1. The number of hydrogen-bond donors (Lipinski definition) is 1. The minimum atomic E-state index is -1.94. The zero-order valence-electron chi connectivity index (χ0n) is 10.2. The molecule has 1 aromatic carbocycles. The molecule has 0 atom stereocenters. The predicted molar refractivity (Wildman–Crippen MR) is 58.0 cm³/mol. The lowest BCUT2D eigenvalue weighted by molar-refractivity contribution is -0.201. The Balaban J connectivity index is 3.89. The first-order chi connectivity index (χ1) is 9.27. The zero-order valence-corrected chi connectivity index (χ0v) is 10.2. The molecule has 0 aromatic heterocycles. The minimum absolute atomic E-state index is 0.654. The standard InChI is InChI=1S/C12H7F4NO3/c1-4(18)7(5(2)20-19)8-11(15)9(13)6(3-17)10(14)12(8)16/h19H,1-2H3/b7-5+. The highest BCUT2D eigenvalue weighted by Gasteiger charge is 2.30. The number of ketones is 1. The van der Waals surface area contributed by atoms with Crippen LogP contribution in [0.2, 0.25) is 0 Å². The first-order valence-corrected chi connectivity index (χ1v) is 5.07. The number of halogens is 4. The van der Waals surface area contributed by atoms with Gasteiger partial charge in [0.25, 0.3) is 0 Å². The number of carbonyl (C=O) groups is 1. The van der Waals surface area contributed by atoms with Crippen molar-refractivity contribution in [3.8, 4) is 6.07 Å². The van der Waals surface area contributed by atoms with Crippen molar-refractivity contribution >= 4 is 11.4 Å². The van der Waals surface area contributed by atoms with E-state index in [9.17, 15) is 22.4 Å². The van der Waals surface area contributed by atoms with E-state index in [1.807, 2.05) is 0 Å². The van der Waals surface area contributed by atoms with E-state index in [1.165, 1.54) is 0 Å². The minimum Gasteiger partial charge on any atom is -0.344 e. The number of nitrogens with zero attached hydrogens (tertiary/aromatic N) is 1. The van der Waals surface area contributed by atoms with Crippen LogP contribution in [0.15, 0.2) is 5.76 Å². The quantitative estimate of drug-likeness (QED) is 0.232. The van der Waals surface area contributed by atoms with Gasteiger partial charge in [-0.25, -0.2) is 22.8 Å². The normalized spacial score (nSPS) is 11.7. The summed E-state index contributed by atoms with van der Waals surface area (Å²) in [5.41, 5.74) is -3.68. The summed E-state index contributed by atoms with van der Waals surface area (Å²) in [4.78, 5) is 15.0. The Morgan fingerprint density at radius 1 is 1.10 bits per heavy atom. The van der Waals surface area contributed by atoms with Gasteiger partial charge in [0.2, 0.25) is 0 Å². The molecule has 0 amide bonds. The largest absolute Gasteiger partial charge is 0.344 e. The van der Waals surface area contributed by atoms with Gasteiger partial charge in [0.1, 0.15) is 11.6 Å². The smallest absolute Gasteiger partial charge is 0.180 e. The van der Waals surface area contributed by atoms with Crippen LogP contribution in [0.5, 0.6) is 0 Å². The molecule has 0 fully saturated rings. The van der Waals surface area contributed by atoms with E-state index < -0.39 is 51.5 Å². The number of nitriles is 1. The first kappa shape index (κ1) is 15.7. The van der Waals surface area contributed by atoms with Crippen LogP contribution < -0.4 is 0 Å². The van der Waals surface area contributed by atoms with E-state index in [1.54, 1.807) is 0 Å². The molecule has 0 unspecified atom stereocenters. The summed E-state index contributed by atoms with van der Waals surface area (Å²) in [6.45, 7) is 1.81. The molecule has 4 nitrogen and oxygen atoms in total. The number of Topliss-reactive ketones (excluding diaryl/α,β-unsaturated/α-hetero) is 1. The van der Waals surface area contributed by atoms with E-state index in [-0.39, 0.29) is 0 Å². The van der Waals surface area contributed by atoms with Crippen LogP contribution in [-0.2, 0) is 9.68 Å². The number of allylic oxidation sites excluding steroid dienone is 2. The first-order valence-electron chi connectivity index (χ1n) is 5.07. The molecule has 0 aliphatic heterocycles. The molecule has 20 heavy (non-hydrogen) atoms. The molecule has 0 saturated heterocycles. The van der Waals surface area contributed by atoms with Crippen LogP contribution in [-0.4, -0.2) is 11.0 Å². The Hall–Kier alpha value is -2.40. The molecule has 1 rings (SSSR count). The maximum atomic E-state index is 13.7. The van der Waals surface area contributed by atoms with Crippen molar-refractivity contribution in [2.45, 2.75) is 13.8 Å². The third-order valence-electron chi connectivity index (χ3n) is 2.47. The number of carbonyl (C=O) groups excluding carboxylic acids is 1. The molecule has 0 bridgehead atoms. The SMILES string of the molecule is CC(=O)/C(=C(/C)OO)c1c(F)c(F)c(C#N)c(F)c1F. The third kappa shape index (κ3) is 2.35. The molecule has 1 N–H and O–H groups in total. The topological polar surface area (TPSA) is 70.3 Å². The second-order valence-corrected chi connectivity index (χ2v) is 3.70. The predicted octanol–water partition coefficient (Wildman–Crippen LogP) is 2.92. The van der Waals surface area contributed by atoms with Crippen LogP contribution >= 0.6 is 0 Å². The fraction of sp³-hybridized carbons (Fsp3) is 0.167. The maximum absolute atomic E-state index is 13.7. The number of rotatable bonds is 3. The van der Waals surface area contributed by atoms with Crippen LogP contribution in [0, 0.1) is 34.6 Å². The van der Waals surface area contributed by atoms with E-state index >= 15 is 0 Å².